The van der Waals surface area contributed by atoms with Crippen LogP contribution in [0.15, 0.2) is 46.3 Å². The van der Waals surface area contributed by atoms with Crippen LogP contribution in [0.1, 0.15) is 62.4 Å². The van der Waals surface area contributed by atoms with Gasteiger partial charge >= 0.3 is 0 Å². The molecule has 0 unspecified atom stereocenters. The van der Waals surface area contributed by atoms with Crippen LogP contribution in [0.2, 0.25) is 5.02 Å². The summed E-state index contributed by atoms with van der Waals surface area (Å²) in [5, 5.41) is 0.650. The second-order valence-electron chi connectivity index (χ2n) is 8.80. The molecule has 1 aromatic heterocycles. The van der Waals surface area contributed by atoms with E-state index in [1.165, 1.54) is 35.6 Å². The Balaban J connectivity index is 1.94. The summed E-state index contributed by atoms with van der Waals surface area (Å²) in [6.07, 6.45) is 3.45. The maximum Gasteiger partial charge on any atom is 0.279 e. The fourth-order valence-electron chi connectivity index (χ4n) is 4.00. The summed E-state index contributed by atoms with van der Waals surface area (Å²) >= 11 is 7.78. The molecule has 3 rings (SSSR count). The van der Waals surface area contributed by atoms with Crippen LogP contribution < -0.4 is 4.80 Å². The molecule has 0 saturated heterocycles. The zero-order valence-corrected chi connectivity index (χ0v) is 24.4. The van der Waals surface area contributed by atoms with Crippen molar-refractivity contribution in [2.24, 2.45) is 4.99 Å². The lowest BCUT2D eigenvalue weighted by Gasteiger charge is -2.22. The van der Waals surface area contributed by atoms with E-state index in [1.54, 1.807) is 4.31 Å². The highest BCUT2D eigenvalue weighted by molar-refractivity contribution is 7.89. The molecule has 0 fully saturated rings. The minimum Gasteiger partial charge on any atom is -0.380 e. The number of halogens is 1. The first-order valence-electron chi connectivity index (χ1n) is 12.8. The highest BCUT2D eigenvalue weighted by atomic mass is 35.5. The quantitative estimate of drug-likeness (QED) is 0.237. The number of aryl methyl sites for hydroxylation is 1. The van der Waals surface area contributed by atoms with Crippen LogP contribution in [-0.2, 0) is 21.3 Å². The number of rotatable bonds is 13. The van der Waals surface area contributed by atoms with Crippen molar-refractivity contribution in [3.8, 4) is 0 Å². The van der Waals surface area contributed by atoms with Crippen molar-refractivity contribution in [3.05, 3.63) is 57.3 Å². The molecule has 0 aliphatic rings. The van der Waals surface area contributed by atoms with Crippen LogP contribution in [0.3, 0.4) is 0 Å². The van der Waals surface area contributed by atoms with Crippen molar-refractivity contribution >= 4 is 49.1 Å². The highest BCUT2D eigenvalue weighted by Crippen LogP contribution is 2.27. The Morgan fingerprint density at radius 2 is 1.70 bits per heavy atom. The molecular weight excluding hydrogens is 530 g/mol. The molecule has 0 bridgehead atoms. The molecule has 0 spiro atoms. The molecule has 0 saturated carbocycles. The maximum atomic E-state index is 13.2. The molecular formula is C27H36ClN3O4S2. The monoisotopic (exact) mass is 565 g/mol. The molecule has 2 aromatic carbocycles. The van der Waals surface area contributed by atoms with E-state index in [2.05, 4.69) is 4.99 Å². The topological polar surface area (TPSA) is 81.0 Å². The SMILES string of the molecule is CCCCN(CCCC)S(=O)(=O)c1ccc(C(=O)N=c2sc3ccc(Cl)c(C)c3n2CCOCC)cc1. The van der Waals surface area contributed by atoms with E-state index in [4.69, 9.17) is 16.3 Å². The third-order valence-electron chi connectivity index (χ3n) is 6.15. The summed E-state index contributed by atoms with van der Waals surface area (Å²) in [6, 6.07) is 9.85. The predicted molar refractivity (Wildman–Crippen MR) is 151 cm³/mol. The van der Waals surface area contributed by atoms with Gasteiger partial charge in [0.25, 0.3) is 5.91 Å². The van der Waals surface area contributed by atoms with E-state index in [9.17, 15) is 13.2 Å². The Bertz CT molecular complexity index is 1370. The van der Waals surface area contributed by atoms with Crippen LogP contribution in [0.25, 0.3) is 10.2 Å². The molecule has 0 N–H and O–H groups in total. The van der Waals surface area contributed by atoms with Crippen molar-refractivity contribution in [1.82, 2.24) is 8.87 Å². The minimum absolute atomic E-state index is 0.190. The molecule has 10 heteroatoms. The van der Waals surface area contributed by atoms with Gasteiger partial charge in [0.1, 0.15) is 0 Å². The second kappa shape index (κ2) is 13.7. The van der Waals surface area contributed by atoms with Crippen LogP contribution in [-0.4, -0.2) is 49.5 Å². The number of benzene rings is 2. The average Bonchev–Trinajstić information content (AvgIpc) is 3.23. The normalized spacial score (nSPS) is 12.6. The molecule has 1 heterocycles. The van der Waals surface area contributed by atoms with E-state index < -0.39 is 15.9 Å². The third-order valence-corrected chi connectivity index (χ3v) is 9.52. The fourth-order valence-corrected chi connectivity index (χ4v) is 6.78. The van der Waals surface area contributed by atoms with E-state index in [0.29, 0.717) is 48.2 Å². The van der Waals surface area contributed by atoms with Gasteiger partial charge in [0.2, 0.25) is 10.0 Å². The maximum absolute atomic E-state index is 13.2. The Morgan fingerprint density at radius 3 is 2.30 bits per heavy atom. The van der Waals surface area contributed by atoms with Crippen molar-refractivity contribution in [3.63, 3.8) is 0 Å². The summed E-state index contributed by atoms with van der Waals surface area (Å²) in [4.78, 5) is 18.3. The van der Waals surface area contributed by atoms with Crippen molar-refractivity contribution in [2.45, 2.75) is 64.8 Å². The van der Waals surface area contributed by atoms with Crippen LogP contribution in [0, 0.1) is 6.92 Å². The number of nitrogens with zero attached hydrogens (tertiary/aromatic N) is 3. The van der Waals surface area contributed by atoms with E-state index in [1.807, 2.05) is 44.4 Å². The largest absolute Gasteiger partial charge is 0.380 e. The Morgan fingerprint density at radius 1 is 1.05 bits per heavy atom. The predicted octanol–water partition coefficient (Wildman–Crippen LogP) is 6.03. The van der Waals surface area contributed by atoms with Crippen molar-refractivity contribution < 1.29 is 17.9 Å². The number of carbonyl (C=O) groups excluding carboxylic acids is 1. The number of unbranched alkanes of at least 4 members (excludes halogenated alkanes) is 2. The van der Waals surface area contributed by atoms with Gasteiger partial charge in [0, 0.05) is 36.8 Å². The van der Waals surface area contributed by atoms with Crippen LogP contribution in [0.5, 0.6) is 0 Å². The highest BCUT2D eigenvalue weighted by Gasteiger charge is 2.24. The lowest BCUT2D eigenvalue weighted by Crippen LogP contribution is -2.33. The van der Waals surface area contributed by atoms with Gasteiger partial charge in [-0.15, -0.1) is 0 Å². The number of hydrogen-bond acceptors (Lipinski definition) is 5. The van der Waals surface area contributed by atoms with E-state index in [-0.39, 0.29) is 4.90 Å². The number of ether oxygens (including phenoxy) is 1. The van der Waals surface area contributed by atoms with E-state index in [0.717, 1.165) is 41.5 Å². The smallest absolute Gasteiger partial charge is 0.279 e. The summed E-state index contributed by atoms with van der Waals surface area (Å²) < 4.78 is 36.5. The standard InChI is InChI=1S/C27H36ClN3O4S2/c1-5-8-16-30(17-9-6-2)37(33,34)22-12-10-21(11-13-22)26(32)29-27-31(18-19-35-7-3)25-20(4)23(28)14-15-24(25)36-27/h10-15H,5-9,16-19H2,1-4H3. The van der Waals surface area contributed by atoms with Gasteiger partial charge in [-0.05, 0) is 68.7 Å². The van der Waals surface area contributed by atoms with Gasteiger partial charge in [-0.3, -0.25) is 4.79 Å². The first-order chi connectivity index (χ1) is 17.7. The van der Waals surface area contributed by atoms with Crippen LogP contribution >= 0.6 is 22.9 Å². The molecule has 1 amide bonds. The summed E-state index contributed by atoms with van der Waals surface area (Å²) in [5.41, 5.74) is 2.19. The van der Waals surface area contributed by atoms with Gasteiger partial charge in [-0.2, -0.15) is 9.30 Å². The lowest BCUT2D eigenvalue weighted by atomic mass is 10.2. The molecule has 0 aliphatic heterocycles. The Hall–Kier alpha value is -2.04. The fraction of sp³-hybridized carbons (Fsp3) is 0.481. The number of hydrogen-bond donors (Lipinski definition) is 0. The van der Waals surface area contributed by atoms with Crippen molar-refractivity contribution in [1.29, 1.82) is 0 Å². The van der Waals surface area contributed by atoms with Gasteiger partial charge in [-0.25, -0.2) is 8.42 Å². The Labute approximate surface area is 228 Å². The zero-order chi connectivity index (χ0) is 27.0. The van der Waals surface area contributed by atoms with Crippen molar-refractivity contribution in [2.75, 3.05) is 26.3 Å². The number of aromatic nitrogens is 1. The summed E-state index contributed by atoms with van der Waals surface area (Å²) in [5.74, 6) is -0.432. The summed E-state index contributed by atoms with van der Waals surface area (Å²) in [7, 11) is -3.63. The van der Waals surface area contributed by atoms with Gasteiger partial charge in [-0.1, -0.05) is 49.6 Å². The first-order valence-corrected chi connectivity index (χ1v) is 15.4. The summed E-state index contributed by atoms with van der Waals surface area (Å²) in [6.45, 7) is 10.6. The molecule has 37 heavy (non-hydrogen) atoms. The van der Waals surface area contributed by atoms with Gasteiger partial charge in [0.15, 0.2) is 4.80 Å². The number of amides is 1. The zero-order valence-electron chi connectivity index (χ0n) is 22.0. The first kappa shape index (κ1) is 29.5. The second-order valence-corrected chi connectivity index (χ2v) is 12.2. The average molecular weight is 566 g/mol. The Kier molecular flexibility index (Phi) is 10.9. The molecule has 7 nitrogen and oxygen atoms in total. The molecule has 0 radical (unpaired) electrons. The lowest BCUT2D eigenvalue weighted by molar-refractivity contribution is 0.0996. The third kappa shape index (κ3) is 7.09. The molecule has 202 valence electrons. The molecule has 0 aliphatic carbocycles. The number of fused-ring (bicyclic) bond motifs is 1. The van der Waals surface area contributed by atoms with Crippen LogP contribution in [0.4, 0.5) is 0 Å². The molecule has 0 atom stereocenters. The molecule has 3 aromatic rings. The minimum atomic E-state index is -3.63. The van der Waals surface area contributed by atoms with E-state index >= 15 is 0 Å². The van der Waals surface area contributed by atoms with Gasteiger partial charge in [0.05, 0.1) is 21.7 Å². The van der Waals surface area contributed by atoms with Gasteiger partial charge < -0.3 is 9.30 Å². The number of carbonyl (C=O) groups is 1. The number of sulfonamides is 1. The number of thiazole rings is 1.